The number of hydrogen-bond donors (Lipinski definition) is 3. The lowest BCUT2D eigenvalue weighted by Gasteiger charge is -2.12. The summed E-state index contributed by atoms with van der Waals surface area (Å²) in [6.45, 7) is 2.43. The molecular formula is C24H27N5O2S. The van der Waals surface area contributed by atoms with Gasteiger partial charge in [-0.3, -0.25) is 19.3 Å². The highest BCUT2D eigenvalue weighted by Gasteiger charge is 2.22. The van der Waals surface area contributed by atoms with Crippen molar-refractivity contribution in [1.82, 2.24) is 20.1 Å². The second kappa shape index (κ2) is 9.91. The van der Waals surface area contributed by atoms with Crippen LogP contribution in [0.4, 0.5) is 5.69 Å². The fourth-order valence-electron chi connectivity index (χ4n) is 4.06. The average Bonchev–Trinajstić information content (AvgIpc) is 3.44. The number of aryl methyl sites for hydroxylation is 1. The van der Waals surface area contributed by atoms with Crippen molar-refractivity contribution in [3.05, 3.63) is 64.4 Å². The molecule has 0 radical (unpaired) electrons. The second-order valence-electron chi connectivity index (χ2n) is 8.26. The molecule has 7 nitrogen and oxygen atoms in total. The second-order valence-corrected chi connectivity index (χ2v) is 8.64. The Labute approximate surface area is 192 Å². The molecule has 1 heterocycles. The summed E-state index contributed by atoms with van der Waals surface area (Å²) in [6.07, 6.45) is 4.16. The van der Waals surface area contributed by atoms with E-state index in [1.54, 1.807) is 4.57 Å². The minimum atomic E-state index is -0.170. The molecule has 2 amide bonds. The highest BCUT2D eigenvalue weighted by Crippen LogP contribution is 2.26. The van der Waals surface area contributed by atoms with Crippen molar-refractivity contribution in [2.75, 3.05) is 5.32 Å². The van der Waals surface area contributed by atoms with Gasteiger partial charge in [0, 0.05) is 23.7 Å². The molecule has 0 saturated heterocycles. The van der Waals surface area contributed by atoms with Crippen molar-refractivity contribution in [2.45, 2.75) is 45.7 Å². The number of H-pyrrole nitrogens is 1. The predicted molar refractivity (Wildman–Crippen MR) is 126 cm³/mol. The Morgan fingerprint density at radius 1 is 1.16 bits per heavy atom. The van der Waals surface area contributed by atoms with Gasteiger partial charge >= 0.3 is 0 Å². The summed E-state index contributed by atoms with van der Waals surface area (Å²) >= 11 is 5.33. The summed E-state index contributed by atoms with van der Waals surface area (Å²) < 4.78 is 2.09. The summed E-state index contributed by atoms with van der Waals surface area (Å²) in [5.41, 5.74) is 3.67. The number of anilines is 1. The molecule has 2 aromatic carbocycles. The van der Waals surface area contributed by atoms with E-state index in [1.807, 2.05) is 55.5 Å². The minimum absolute atomic E-state index is 0.0662. The van der Waals surface area contributed by atoms with Crippen molar-refractivity contribution in [1.29, 1.82) is 0 Å². The largest absolute Gasteiger partial charge is 0.350 e. The molecule has 32 heavy (non-hydrogen) atoms. The maximum atomic E-state index is 12.6. The summed E-state index contributed by atoms with van der Waals surface area (Å²) in [7, 11) is 0. The van der Waals surface area contributed by atoms with E-state index in [0.29, 0.717) is 17.1 Å². The van der Waals surface area contributed by atoms with E-state index in [4.69, 9.17) is 12.2 Å². The lowest BCUT2D eigenvalue weighted by Crippen LogP contribution is -2.27. The minimum Gasteiger partial charge on any atom is -0.350 e. The van der Waals surface area contributed by atoms with Crippen LogP contribution < -0.4 is 10.6 Å². The third-order valence-electron chi connectivity index (χ3n) is 5.75. The van der Waals surface area contributed by atoms with E-state index in [-0.39, 0.29) is 24.3 Å². The van der Waals surface area contributed by atoms with E-state index in [9.17, 15) is 9.59 Å². The highest BCUT2D eigenvalue weighted by atomic mass is 32.1. The summed E-state index contributed by atoms with van der Waals surface area (Å²) in [4.78, 5) is 25.0. The van der Waals surface area contributed by atoms with Crippen LogP contribution in [-0.4, -0.2) is 26.6 Å². The Morgan fingerprint density at radius 2 is 1.94 bits per heavy atom. The maximum Gasteiger partial charge on any atom is 0.240 e. The van der Waals surface area contributed by atoms with Gasteiger partial charge in [-0.1, -0.05) is 48.7 Å². The summed E-state index contributed by atoms with van der Waals surface area (Å²) in [5.74, 6) is 0.657. The molecule has 8 heteroatoms. The van der Waals surface area contributed by atoms with Gasteiger partial charge in [0.1, 0.15) is 6.54 Å². The van der Waals surface area contributed by atoms with Crippen LogP contribution in [0.15, 0.2) is 48.5 Å². The van der Waals surface area contributed by atoms with Gasteiger partial charge in [-0.15, -0.1) is 0 Å². The zero-order valence-electron chi connectivity index (χ0n) is 18.1. The van der Waals surface area contributed by atoms with Crippen LogP contribution in [0.2, 0.25) is 0 Å². The van der Waals surface area contributed by atoms with Crippen molar-refractivity contribution in [3.8, 4) is 11.4 Å². The molecule has 0 unspecified atom stereocenters. The quantitative estimate of drug-likeness (QED) is 0.467. The molecule has 1 aliphatic carbocycles. The number of amides is 2. The molecule has 3 N–H and O–H groups in total. The topological polar surface area (TPSA) is 91.8 Å². The summed E-state index contributed by atoms with van der Waals surface area (Å²) in [6, 6.07) is 15.5. The fourth-order valence-corrected chi connectivity index (χ4v) is 4.26. The zero-order valence-corrected chi connectivity index (χ0v) is 18.9. The van der Waals surface area contributed by atoms with Gasteiger partial charge in [-0.25, -0.2) is 0 Å². The first kappa shape index (κ1) is 22.0. The zero-order chi connectivity index (χ0) is 22.5. The average molecular weight is 450 g/mol. The third-order valence-corrected chi connectivity index (χ3v) is 6.06. The lowest BCUT2D eigenvalue weighted by molar-refractivity contribution is -0.122. The van der Waals surface area contributed by atoms with E-state index in [1.165, 1.54) is 0 Å². The molecule has 4 rings (SSSR count). The number of aromatic amines is 1. The van der Waals surface area contributed by atoms with Crippen LogP contribution in [0.25, 0.3) is 11.4 Å². The number of carbonyl (C=O) groups excluding carboxylic acids is 2. The van der Waals surface area contributed by atoms with Gasteiger partial charge in [-0.05, 0) is 55.7 Å². The molecule has 1 saturated carbocycles. The molecule has 166 valence electrons. The fraction of sp³-hybridized carbons (Fsp3) is 0.333. The van der Waals surface area contributed by atoms with Gasteiger partial charge in [0.25, 0.3) is 0 Å². The number of aromatic nitrogens is 3. The predicted octanol–water partition coefficient (Wildman–Crippen LogP) is 4.36. The smallest absolute Gasteiger partial charge is 0.240 e. The lowest BCUT2D eigenvalue weighted by atomic mass is 10.1. The number of nitrogens with zero attached hydrogens (tertiary/aromatic N) is 2. The number of carbonyl (C=O) groups is 2. The maximum absolute atomic E-state index is 12.6. The first-order valence-electron chi connectivity index (χ1n) is 10.9. The van der Waals surface area contributed by atoms with Gasteiger partial charge in [0.05, 0.1) is 0 Å². The highest BCUT2D eigenvalue weighted by molar-refractivity contribution is 7.71. The number of hydrogen-bond acceptors (Lipinski definition) is 4. The van der Waals surface area contributed by atoms with Crippen molar-refractivity contribution < 1.29 is 9.59 Å². The Balaban J connectivity index is 1.37. The van der Waals surface area contributed by atoms with Crippen LogP contribution in [0.5, 0.6) is 0 Å². The van der Waals surface area contributed by atoms with Crippen LogP contribution in [0, 0.1) is 17.6 Å². The Bertz CT molecular complexity index is 1180. The van der Waals surface area contributed by atoms with Crippen LogP contribution in [0.1, 0.15) is 36.8 Å². The Hall–Kier alpha value is -3.26. The first-order valence-corrected chi connectivity index (χ1v) is 11.3. The van der Waals surface area contributed by atoms with E-state index < -0.39 is 0 Å². The van der Waals surface area contributed by atoms with Crippen LogP contribution >= 0.6 is 12.2 Å². The summed E-state index contributed by atoms with van der Waals surface area (Å²) in [5, 5.41) is 13.0. The molecule has 1 fully saturated rings. The molecule has 3 aromatic rings. The molecule has 1 aliphatic rings. The number of benzene rings is 2. The molecule has 0 atom stereocenters. The SMILES string of the molecule is Cc1cccc(-c2n[nH]c(=S)n2CC(=O)NCc2cccc(NC(=O)C3CCCC3)c2)c1. The molecular weight excluding hydrogens is 422 g/mol. The van der Waals surface area contributed by atoms with Gasteiger partial charge in [0.2, 0.25) is 11.8 Å². The van der Waals surface area contributed by atoms with E-state index >= 15 is 0 Å². The monoisotopic (exact) mass is 449 g/mol. The Kier molecular flexibility index (Phi) is 6.80. The standard InChI is InChI=1S/C24H27N5O2S/c1-16-6-4-10-19(12-16)22-27-28-24(32)29(22)15-21(30)25-14-17-7-5-11-20(13-17)26-23(31)18-8-2-3-9-18/h4-7,10-13,18H,2-3,8-9,14-15H2,1H3,(H,25,30)(H,26,31)(H,28,32). The van der Waals surface area contributed by atoms with Gasteiger partial charge in [-0.2, -0.15) is 5.10 Å². The van der Waals surface area contributed by atoms with E-state index in [2.05, 4.69) is 20.8 Å². The number of rotatable bonds is 7. The molecule has 1 aromatic heterocycles. The van der Waals surface area contributed by atoms with E-state index in [0.717, 1.165) is 48.1 Å². The first-order chi connectivity index (χ1) is 15.5. The molecule has 0 aliphatic heterocycles. The van der Waals surface area contributed by atoms with Gasteiger partial charge < -0.3 is 10.6 Å². The third kappa shape index (κ3) is 5.31. The van der Waals surface area contributed by atoms with Crippen LogP contribution in [0.3, 0.4) is 0 Å². The van der Waals surface area contributed by atoms with Gasteiger partial charge in [0.15, 0.2) is 10.6 Å². The van der Waals surface area contributed by atoms with Crippen molar-refractivity contribution in [3.63, 3.8) is 0 Å². The van der Waals surface area contributed by atoms with Crippen LogP contribution in [-0.2, 0) is 22.7 Å². The Morgan fingerprint density at radius 3 is 2.72 bits per heavy atom. The van der Waals surface area contributed by atoms with Crippen molar-refractivity contribution >= 4 is 29.7 Å². The molecule has 0 spiro atoms. The van der Waals surface area contributed by atoms with Crippen molar-refractivity contribution in [2.24, 2.45) is 5.92 Å². The molecule has 0 bridgehead atoms. The normalized spacial score (nSPS) is 13.8. The number of nitrogens with one attached hydrogen (secondary N) is 3.